The number of rotatable bonds is 6. The smallest absolute Gasteiger partial charge is 0.270 e. The van der Waals surface area contributed by atoms with Crippen LogP contribution in [-0.2, 0) is 0 Å². The van der Waals surface area contributed by atoms with Gasteiger partial charge >= 0.3 is 0 Å². The Morgan fingerprint density at radius 2 is 1.87 bits per heavy atom. The van der Waals surface area contributed by atoms with Gasteiger partial charge in [-0.1, -0.05) is 44.2 Å². The molecule has 0 heterocycles. The first-order chi connectivity index (χ1) is 11.1. The number of aliphatic imine (C=N–C) groups is 1. The van der Waals surface area contributed by atoms with Gasteiger partial charge in [0, 0.05) is 35.5 Å². The third kappa shape index (κ3) is 3.94. The number of nitro benzene ring substituents is 1. The maximum Gasteiger partial charge on any atom is 0.270 e. The topological polar surface area (TPSA) is 75.7 Å². The van der Waals surface area contributed by atoms with Crippen molar-refractivity contribution in [1.82, 2.24) is 0 Å². The van der Waals surface area contributed by atoms with Gasteiger partial charge in [-0.15, -0.1) is 0 Å². The van der Waals surface area contributed by atoms with Crippen molar-refractivity contribution in [2.24, 2.45) is 4.99 Å². The summed E-state index contributed by atoms with van der Waals surface area (Å²) in [7, 11) is 0. The lowest BCUT2D eigenvalue weighted by Gasteiger charge is -2.09. The van der Waals surface area contributed by atoms with Crippen LogP contribution in [0.1, 0.15) is 32.3 Å². The van der Waals surface area contributed by atoms with Crippen molar-refractivity contribution in [2.75, 3.05) is 0 Å². The zero-order chi connectivity index (χ0) is 16.8. The minimum absolute atomic E-state index is 0.0107. The number of phenolic OH excluding ortho intramolecular Hbond substituents is 1. The first-order valence-electron chi connectivity index (χ1n) is 7.66. The van der Waals surface area contributed by atoms with E-state index in [2.05, 4.69) is 4.99 Å². The highest BCUT2D eigenvalue weighted by Crippen LogP contribution is 2.35. The van der Waals surface area contributed by atoms with Crippen molar-refractivity contribution in [3.05, 3.63) is 58.1 Å². The Morgan fingerprint density at radius 1 is 1.22 bits per heavy atom. The first kappa shape index (κ1) is 16.7. The van der Waals surface area contributed by atoms with Crippen molar-refractivity contribution < 1.29 is 10.0 Å². The molecule has 1 N–H and O–H groups in total. The SMILES string of the molecule is CCC(CC)N=Cc1cc([N+](=O)[O-])cc(-c2ccccc2)c1O. The van der Waals surface area contributed by atoms with E-state index >= 15 is 0 Å². The average Bonchev–Trinajstić information content (AvgIpc) is 2.57. The average molecular weight is 312 g/mol. The van der Waals surface area contributed by atoms with E-state index in [1.54, 1.807) is 12.1 Å². The molecule has 0 aromatic heterocycles. The quantitative estimate of drug-likeness (QED) is 0.482. The highest BCUT2D eigenvalue weighted by atomic mass is 16.6. The Balaban J connectivity index is 2.54. The molecule has 120 valence electrons. The molecule has 0 aliphatic rings. The molecule has 0 saturated carbocycles. The summed E-state index contributed by atoms with van der Waals surface area (Å²) in [4.78, 5) is 15.1. The summed E-state index contributed by atoms with van der Waals surface area (Å²) in [6.07, 6.45) is 3.30. The Hall–Kier alpha value is -2.69. The van der Waals surface area contributed by atoms with Crippen molar-refractivity contribution in [2.45, 2.75) is 32.7 Å². The summed E-state index contributed by atoms with van der Waals surface area (Å²) in [6, 6.07) is 12.0. The van der Waals surface area contributed by atoms with Crippen molar-refractivity contribution in [3.63, 3.8) is 0 Å². The molecule has 5 nitrogen and oxygen atoms in total. The van der Waals surface area contributed by atoms with Crippen LogP contribution < -0.4 is 0 Å². The molecule has 23 heavy (non-hydrogen) atoms. The fraction of sp³-hybridized carbons (Fsp3) is 0.278. The van der Waals surface area contributed by atoms with Crippen molar-refractivity contribution >= 4 is 11.9 Å². The van der Waals surface area contributed by atoms with Crippen LogP contribution in [0.25, 0.3) is 11.1 Å². The number of aromatic hydroxyl groups is 1. The van der Waals surface area contributed by atoms with Crippen LogP contribution in [-0.4, -0.2) is 22.3 Å². The fourth-order valence-electron chi connectivity index (χ4n) is 2.37. The standard InChI is InChI=1S/C18H20N2O3/c1-3-15(4-2)19-12-14-10-16(20(22)23)11-17(18(14)21)13-8-6-5-7-9-13/h5-12,15,21H,3-4H2,1-2H3. The van der Waals surface area contributed by atoms with Gasteiger partial charge in [0.15, 0.2) is 0 Å². The Kier molecular flexibility index (Phi) is 5.46. The van der Waals surface area contributed by atoms with Gasteiger partial charge in [0.2, 0.25) is 0 Å². The van der Waals surface area contributed by atoms with E-state index in [1.165, 1.54) is 18.3 Å². The molecule has 2 aromatic rings. The van der Waals surface area contributed by atoms with Crippen molar-refractivity contribution in [3.8, 4) is 16.9 Å². The normalized spacial score (nSPS) is 11.3. The van der Waals surface area contributed by atoms with Gasteiger partial charge in [-0.2, -0.15) is 0 Å². The monoisotopic (exact) mass is 312 g/mol. The van der Waals surface area contributed by atoms with Gasteiger partial charge in [-0.3, -0.25) is 15.1 Å². The molecule has 2 rings (SSSR count). The molecule has 0 aliphatic heterocycles. The van der Waals surface area contributed by atoms with E-state index in [1.807, 2.05) is 32.0 Å². The molecule has 0 atom stereocenters. The maximum absolute atomic E-state index is 11.2. The van der Waals surface area contributed by atoms with Crippen molar-refractivity contribution in [1.29, 1.82) is 0 Å². The molecule has 2 aromatic carbocycles. The number of nitro groups is 1. The predicted octanol–water partition coefficient (Wildman–Crippen LogP) is 4.57. The summed E-state index contributed by atoms with van der Waals surface area (Å²) in [5.74, 6) is 0.0107. The molecule has 0 radical (unpaired) electrons. The second-order valence-electron chi connectivity index (χ2n) is 5.30. The Bertz CT molecular complexity index is 708. The molecule has 0 fully saturated rings. The molecule has 0 amide bonds. The Morgan fingerprint density at radius 3 is 2.43 bits per heavy atom. The van der Waals surface area contributed by atoms with E-state index < -0.39 is 4.92 Å². The second kappa shape index (κ2) is 7.54. The fourth-order valence-corrected chi connectivity index (χ4v) is 2.37. The van der Waals surface area contributed by atoms with Crippen LogP contribution in [0.5, 0.6) is 5.75 Å². The van der Waals surface area contributed by atoms with Gasteiger partial charge < -0.3 is 5.11 Å². The van der Waals surface area contributed by atoms with Crippen LogP contribution in [0.2, 0.25) is 0 Å². The van der Waals surface area contributed by atoms with E-state index in [0.29, 0.717) is 11.1 Å². The number of hydrogen-bond acceptors (Lipinski definition) is 4. The van der Waals surface area contributed by atoms with Crippen LogP contribution in [0.4, 0.5) is 5.69 Å². The van der Waals surface area contributed by atoms with Gasteiger partial charge in [0.1, 0.15) is 5.75 Å². The van der Waals surface area contributed by atoms with Crippen LogP contribution in [0.3, 0.4) is 0 Å². The minimum atomic E-state index is -0.458. The third-order valence-electron chi connectivity index (χ3n) is 3.79. The molecule has 0 spiro atoms. The van der Waals surface area contributed by atoms with E-state index in [-0.39, 0.29) is 17.5 Å². The van der Waals surface area contributed by atoms with Crippen LogP contribution in [0, 0.1) is 10.1 Å². The molecular formula is C18H20N2O3. The predicted molar refractivity (Wildman–Crippen MR) is 92.2 cm³/mol. The largest absolute Gasteiger partial charge is 0.507 e. The number of non-ortho nitro benzene ring substituents is 1. The Labute approximate surface area is 135 Å². The van der Waals surface area contributed by atoms with E-state index in [9.17, 15) is 15.2 Å². The molecule has 0 saturated heterocycles. The zero-order valence-electron chi connectivity index (χ0n) is 13.3. The van der Waals surface area contributed by atoms with Gasteiger partial charge in [0.25, 0.3) is 5.69 Å². The number of nitrogens with zero attached hydrogens (tertiary/aromatic N) is 2. The number of phenols is 1. The van der Waals surface area contributed by atoms with Gasteiger partial charge in [-0.05, 0) is 18.4 Å². The van der Waals surface area contributed by atoms with Gasteiger partial charge in [-0.25, -0.2) is 0 Å². The summed E-state index contributed by atoms with van der Waals surface area (Å²) < 4.78 is 0. The molecule has 0 aliphatic carbocycles. The van der Waals surface area contributed by atoms with E-state index in [0.717, 1.165) is 18.4 Å². The minimum Gasteiger partial charge on any atom is -0.507 e. The molecule has 0 unspecified atom stereocenters. The lowest BCUT2D eigenvalue weighted by atomic mass is 10.0. The number of hydrogen-bond donors (Lipinski definition) is 1. The lowest BCUT2D eigenvalue weighted by Crippen LogP contribution is -2.01. The maximum atomic E-state index is 11.2. The van der Waals surface area contributed by atoms with E-state index in [4.69, 9.17) is 0 Å². The molecule has 5 heteroatoms. The third-order valence-corrected chi connectivity index (χ3v) is 3.79. The highest BCUT2D eigenvalue weighted by Gasteiger charge is 2.16. The summed E-state index contributed by atoms with van der Waals surface area (Å²) in [6.45, 7) is 4.07. The zero-order valence-corrected chi connectivity index (χ0v) is 13.3. The summed E-state index contributed by atoms with van der Waals surface area (Å²) >= 11 is 0. The molecular weight excluding hydrogens is 292 g/mol. The lowest BCUT2D eigenvalue weighted by molar-refractivity contribution is -0.384. The first-order valence-corrected chi connectivity index (χ1v) is 7.66. The molecule has 0 bridgehead atoms. The summed E-state index contributed by atoms with van der Waals surface area (Å²) in [5.41, 5.74) is 1.47. The highest BCUT2D eigenvalue weighted by molar-refractivity contribution is 5.90. The number of benzene rings is 2. The summed E-state index contributed by atoms with van der Waals surface area (Å²) in [5, 5.41) is 21.7. The second-order valence-corrected chi connectivity index (χ2v) is 5.30. The van der Waals surface area contributed by atoms with Gasteiger partial charge in [0.05, 0.1) is 4.92 Å². The van der Waals surface area contributed by atoms with Crippen LogP contribution in [0.15, 0.2) is 47.5 Å². The van der Waals surface area contributed by atoms with Crippen LogP contribution >= 0.6 is 0 Å².